The molecule has 1 N–H and O–H groups in total. The Morgan fingerprint density at radius 1 is 0.620 bits per heavy atom. The lowest BCUT2D eigenvalue weighted by atomic mass is 10.1. The standard InChI is InChI=1S/C42H73NO7/c1-6-8-10-12-14-16-18-19-20-21-23-25-27-29-31-33-41(45)50-38(36-48-35-34-39(42(46)47)43(3,4)5)37-49-40(44)32-30-28-26-24-22-17-15-13-11-9-7-2/h9,11,15-18,24,26,38-39H,6-8,10,12-14,19-23,25,27-37H2,1-5H3/p+1/b11-9+,17-15+,18-16+,26-24+. The van der Waals surface area contributed by atoms with Crippen molar-refractivity contribution >= 4 is 17.9 Å². The van der Waals surface area contributed by atoms with E-state index in [2.05, 4.69) is 62.5 Å². The molecular formula is C42H74NO7+. The van der Waals surface area contributed by atoms with Crippen molar-refractivity contribution in [2.45, 2.75) is 161 Å². The number of aliphatic carboxylic acids is 1. The number of ether oxygens (including phenoxy) is 3. The van der Waals surface area contributed by atoms with Crippen molar-refractivity contribution in [3.8, 4) is 0 Å². The molecule has 0 radical (unpaired) electrons. The van der Waals surface area contributed by atoms with Gasteiger partial charge in [-0.2, -0.15) is 0 Å². The predicted molar refractivity (Wildman–Crippen MR) is 206 cm³/mol. The van der Waals surface area contributed by atoms with Gasteiger partial charge >= 0.3 is 17.9 Å². The van der Waals surface area contributed by atoms with Crippen LogP contribution in [-0.4, -0.2) is 80.6 Å². The van der Waals surface area contributed by atoms with E-state index in [1.807, 2.05) is 21.1 Å². The molecule has 2 atom stereocenters. The quantitative estimate of drug-likeness (QED) is 0.0308. The summed E-state index contributed by atoms with van der Waals surface area (Å²) in [5, 5.41) is 9.58. The molecule has 8 nitrogen and oxygen atoms in total. The number of allylic oxidation sites excluding steroid dienone is 8. The van der Waals surface area contributed by atoms with Gasteiger partial charge in [0, 0.05) is 19.3 Å². The topological polar surface area (TPSA) is 99.1 Å². The molecule has 0 aliphatic heterocycles. The molecule has 0 amide bonds. The van der Waals surface area contributed by atoms with Crippen molar-refractivity contribution in [1.29, 1.82) is 0 Å². The molecule has 0 fully saturated rings. The number of carboxylic acid groups (broad SMARTS) is 1. The number of carbonyl (C=O) groups excluding carboxylic acids is 2. The lowest BCUT2D eigenvalue weighted by Gasteiger charge is -2.31. The lowest BCUT2D eigenvalue weighted by Crippen LogP contribution is -2.50. The van der Waals surface area contributed by atoms with Gasteiger partial charge in [-0.3, -0.25) is 9.59 Å². The summed E-state index contributed by atoms with van der Waals surface area (Å²) in [6.45, 7) is 4.52. The molecule has 0 rings (SSSR count). The minimum Gasteiger partial charge on any atom is -0.477 e. The first kappa shape index (κ1) is 47.3. The molecule has 0 aromatic rings. The Labute approximate surface area is 306 Å². The van der Waals surface area contributed by atoms with E-state index in [9.17, 15) is 19.5 Å². The van der Waals surface area contributed by atoms with Crippen LogP contribution in [0.5, 0.6) is 0 Å². The summed E-state index contributed by atoms with van der Waals surface area (Å²) in [5.74, 6) is -1.55. The number of hydrogen-bond acceptors (Lipinski definition) is 6. The molecule has 0 aromatic carbocycles. The Kier molecular flexibility index (Phi) is 31.6. The molecule has 0 saturated carbocycles. The van der Waals surface area contributed by atoms with Crippen molar-refractivity contribution in [2.24, 2.45) is 0 Å². The number of carbonyl (C=O) groups is 3. The Morgan fingerprint density at radius 2 is 1.14 bits per heavy atom. The van der Waals surface area contributed by atoms with Crippen LogP contribution >= 0.6 is 0 Å². The highest BCUT2D eigenvalue weighted by Gasteiger charge is 2.31. The monoisotopic (exact) mass is 705 g/mol. The average molecular weight is 705 g/mol. The maximum absolute atomic E-state index is 12.7. The van der Waals surface area contributed by atoms with Crippen molar-refractivity contribution in [2.75, 3.05) is 41.0 Å². The zero-order valence-corrected chi connectivity index (χ0v) is 32.6. The smallest absolute Gasteiger partial charge is 0.362 e. The van der Waals surface area contributed by atoms with E-state index < -0.39 is 18.1 Å². The molecule has 0 spiro atoms. The van der Waals surface area contributed by atoms with Crippen LogP contribution in [0.2, 0.25) is 0 Å². The van der Waals surface area contributed by atoms with Gasteiger partial charge in [-0.05, 0) is 64.2 Å². The molecule has 0 heterocycles. The summed E-state index contributed by atoms with van der Waals surface area (Å²) >= 11 is 0. The molecule has 0 saturated heterocycles. The van der Waals surface area contributed by atoms with Crippen LogP contribution in [0.4, 0.5) is 0 Å². The highest BCUT2D eigenvalue weighted by Crippen LogP contribution is 2.13. The van der Waals surface area contributed by atoms with Gasteiger partial charge in [-0.25, -0.2) is 4.79 Å². The molecule has 0 aliphatic rings. The fraction of sp³-hybridized carbons (Fsp3) is 0.738. The molecular weight excluding hydrogens is 630 g/mol. The SMILES string of the molecule is CC/C=C/C/C=C/C/C=C/CCCC(=O)OCC(COCCC(C(=O)O)[N+](C)(C)C)OC(=O)CCCCCCCCC/C=C/CCCCCC. The average Bonchev–Trinajstić information content (AvgIpc) is 3.06. The van der Waals surface area contributed by atoms with Crippen LogP contribution in [0.3, 0.4) is 0 Å². The minimum atomic E-state index is -0.884. The van der Waals surface area contributed by atoms with Gasteiger partial charge < -0.3 is 23.8 Å². The summed E-state index contributed by atoms with van der Waals surface area (Å²) in [4.78, 5) is 36.8. The number of unbranched alkanes of at least 4 members (excludes halogenated alkanes) is 12. The third kappa shape index (κ3) is 31.3. The maximum atomic E-state index is 12.7. The second-order valence-corrected chi connectivity index (χ2v) is 14.1. The Balaban J connectivity index is 4.47. The van der Waals surface area contributed by atoms with Gasteiger partial charge in [0.05, 0.1) is 34.4 Å². The molecule has 8 heteroatoms. The number of likely N-dealkylation sites (N-methyl/N-ethyl adjacent to an activating group) is 1. The maximum Gasteiger partial charge on any atom is 0.362 e. The minimum absolute atomic E-state index is 0.0427. The molecule has 0 aromatic heterocycles. The largest absolute Gasteiger partial charge is 0.477 e. The Hall–Kier alpha value is -2.71. The van der Waals surface area contributed by atoms with E-state index in [1.165, 1.54) is 64.2 Å². The van der Waals surface area contributed by atoms with E-state index in [4.69, 9.17) is 14.2 Å². The first-order valence-corrected chi connectivity index (χ1v) is 19.7. The zero-order chi connectivity index (χ0) is 37.1. The van der Waals surface area contributed by atoms with E-state index in [1.54, 1.807) is 0 Å². The van der Waals surface area contributed by atoms with Crippen LogP contribution in [0, 0.1) is 0 Å². The fourth-order valence-corrected chi connectivity index (χ4v) is 5.40. The number of hydrogen-bond donors (Lipinski definition) is 1. The number of quaternary nitrogens is 1. The summed E-state index contributed by atoms with van der Waals surface area (Å²) in [7, 11) is 5.50. The van der Waals surface area contributed by atoms with Crippen LogP contribution in [0.1, 0.15) is 149 Å². The summed E-state index contributed by atoms with van der Waals surface area (Å²) in [6, 6.07) is -0.621. The van der Waals surface area contributed by atoms with Crippen molar-refractivity contribution < 1.29 is 38.2 Å². The van der Waals surface area contributed by atoms with E-state index in [0.29, 0.717) is 19.3 Å². The molecule has 288 valence electrons. The van der Waals surface area contributed by atoms with Crippen molar-refractivity contribution in [3.63, 3.8) is 0 Å². The van der Waals surface area contributed by atoms with Gasteiger partial charge in [0.2, 0.25) is 0 Å². The number of rotatable bonds is 34. The van der Waals surface area contributed by atoms with Gasteiger partial charge in [-0.1, -0.05) is 114 Å². The molecule has 0 bridgehead atoms. The van der Waals surface area contributed by atoms with E-state index in [-0.39, 0.29) is 42.7 Å². The molecule has 50 heavy (non-hydrogen) atoms. The summed E-state index contributed by atoms with van der Waals surface area (Å²) < 4.78 is 17.1. The van der Waals surface area contributed by atoms with Crippen LogP contribution in [0.25, 0.3) is 0 Å². The predicted octanol–water partition coefficient (Wildman–Crippen LogP) is 10.1. The zero-order valence-electron chi connectivity index (χ0n) is 32.6. The number of nitrogens with zero attached hydrogens (tertiary/aromatic N) is 1. The fourth-order valence-electron chi connectivity index (χ4n) is 5.40. The van der Waals surface area contributed by atoms with Crippen molar-refractivity contribution in [3.05, 3.63) is 48.6 Å². The van der Waals surface area contributed by atoms with Gasteiger partial charge in [0.1, 0.15) is 6.61 Å². The van der Waals surface area contributed by atoms with E-state index >= 15 is 0 Å². The van der Waals surface area contributed by atoms with Crippen molar-refractivity contribution in [1.82, 2.24) is 0 Å². The van der Waals surface area contributed by atoms with E-state index in [0.717, 1.165) is 44.9 Å². The highest BCUT2D eigenvalue weighted by atomic mass is 16.6. The molecule has 0 aliphatic carbocycles. The molecule has 2 unspecified atom stereocenters. The number of esters is 2. The second kappa shape index (κ2) is 33.4. The number of carboxylic acids is 1. The second-order valence-electron chi connectivity index (χ2n) is 14.1. The van der Waals surface area contributed by atoms with Gasteiger partial charge in [0.15, 0.2) is 12.1 Å². The van der Waals surface area contributed by atoms with Gasteiger partial charge in [0.25, 0.3) is 0 Å². The third-order valence-corrected chi connectivity index (χ3v) is 8.46. The first-order valence-electron chi connectivity index (χ1n) is 19.7. The van der Waals surface area contributed by atoms with Crippen LogP contribution < -0.4 is 0 Å². The van der Waals surface area contributed by atoms with Crippen LogP contribution in [-0.2, 0) is 28.6 Å². The Morgan fingerprint density at radius 3 is 1.74 bits per heavy atom. The summed E-state index contributed by atoms with van der Waals surface area (Å²) in [6.07, 6.45) is 37.3. The lowest BCUT2D eigenvalue weighted by molar-refractivity contribution is -0.887. The van der Waals surface area contributed by atoms with Gasteiger partial charge in [-0.15, -0.1) is 0 Å². The van der Waals surface area contributed by atoms with Crippen LogP contribution in [0.15, 0.2) is 48.6 Å². The summed E-state index contributed by atoms with van der Waals surface area (Å²) in [5.41, 5.74) is 0. The first-order chi connectivity index (χ1) is 24.1. The third-order valence-electron chi connectivity index (χ3n) is 8.46. The Bertz CT molecular complexity index is 964. The highest BCUT2D eigenvalue weighted by molar-refractivity contribution is 5.72. The normalized spacial score (nSPS) is 13.5.